The summed E-state index contributed by atoms with van der Waals surface area (Å²) in [6, 6.07) is 12.3. The van der Waals surface area contributed by atoms with Crippen molar-refractivity contribution in [3.63, 3.8) is 0 Å². The zero-order valence-corrected chi connectivity index (χ0v) is 16.2. The van der Waals surface area contributed by atoms with Gasteiger partial charge < -0.3 is 18.8 Å². The molecule has 0 unspecified atom stereocenters. The van der Waals surface area contributed by atoms with Gasteiger partial charge in [0.25, 0.3) is 5.91 Å². The Morgan fingerprint density at radius 1 is 1.21 bits per heavy atom. The number of hydrogen-bond donors (Lipinski definition) is 0. The van der Waals surface area contributed by atoms with Crippen LogP contribution in [0.1, 0.15) is 10.4 Å². The van der Waals surface area contributed by atoms with Crippen LogP contribution in [0.4, 0.5) is 5.69 Å². The average Bonchev–Trinajstić information content (AvgIpc) is 3.24. The molecule has 1 amide bonds. The first-order valence-electron chi connectivity index (χ1n) is 8.50. The maximum atomic E-state index is 12.3. The molecule has 0 bridgehead atoms. The zero-order valence-electron chi connectivity index (χ0n) is 14.6. The van der Waals surface area contributed by atoms with Crippen LogP contribution in [-0.4, -0.2) is 36.6 Å². The molecule has 0 atom stereocenters. The van der Waals surface area contributed by atoms with E-state index in [0.717, 1.165) is 10.0 Å². The van der Waals surface area contributed by atoms with E-state index in [2.05, 4.69) is 20.9 Å². The Labute approximate surface area is 169 Å². The predicted molar refractivity (Wildman–Crippen MR) is 104 cm³/mol. The van der Waals surface area contributed by atoms with E-state index in [0.29, 0.717) is 22.8 Å². The number of aromatic nitrogens is 1. The van der Waals surface area contributed by atoms with Gasteiger partial charge in [-0.2, -0.15) is 0 Å². The van der Waals surface area contributed by atoms with Crippen LogP contribution in [0.25, 0.3) is 11.3 Å². The molecular formula is C20H15BrN2O5. The number of oxazole rings is 1. The first kappa shape index (κ1) is 18.2. The number of anilines is 1. The quantitative estimate of drug-likeness (QED) is 0.560. The van der Waals surface area contributed by atoms with Gasteiger partial charge >= 0.3 is 5.97 Å². The van der Waals surface area contributed by atoms with Crippen molar-refractivity contribution in [2.45, 2.75) is 0 Å². The summed E-state index contributed by atoms with van der Waals surface area (Å²) >= 11 is 3.39. The predicted octanol–water partition coefficient (Wildman–Crippen LogP) is 3.69. The third kappa shape index (κ3) is 3.77. The zero-order chi connectivity index (χ0) is 19.5. The van der Waals surface area contributed by atoms with Crippen molar-refractivity contribution in [2.24, 2.45) is 0 Å². The maximum absolute atomic E-state index is 12.3. The molecule has 142 valence electrons. The van der Waals surface area contributed by atoms with Crippen molar-refractivity contribution in [2.75, 3.05) is 24.7 Å². The van der Waals surface area contributed by atoms with Gasteiger partial charge in [-0.25, -0.2) is 9.78 Å². The molecule has 0 saturated heterocycles. The van der Waals surface area contributed by atoms with Crippen molar-refractivity contribution >= 4 is 33.5 Å². The van der Waals surface area contributed by atoms with E-state index >= 15 is 0 Å². The Hall–Kier alpha value is -3.13. The second kappa shape index (κ2) is 7.85. The molecule has 2 heterocycles. The van der Waals surface area contributed by atoms with Gasteiger partial charge in [-0.15, -0.1) is 0 Å². The number of ether oxygens (including phenoxy) is 2. The fourth-order valence-electron chi connectivity index (χ4n) is 2.86. The molecule has 4 rings (SSSR count). The summed E-state index contributed by atoms with van der Waals surface area (Å²) in [4.78, 5) is 29.9. The average molecular weight is 443 g/mol. The molecule has 7 nitrogen and oxygen atoms in total. The summed E-state index contributed by atoms with van der Waals surface area (Å²) in [5.41, 5.74) is 1.88. The highest BCUT2D eigenvalue weighted by atomic mass is 79.9. The van der Waals surface area contributed by atoms with E-state index < -0.39 is 5.97 Å². The molecule has 1 aromatic heterocycles. The standard InChI is InChI=1S/C20H15BrN2O5/c21-15-5-6-17-16(9-15)23(19(24)11-27-17)7-8-26-20(25)14-3-1-13(2-4-14)18-10-22-12-28-18/h1-6,9-10,12H,7-8,11H2. The summed E-state index contributed by atoms with van der Waals surface area (Å²) < 4.78 is 16.8. The molecule has 0 spiro atoms. The van der Waals surface area contributed by atoms with Crippen LogP contribution in [0.15, 0.2) is 63.9 Å². The van der Waals surface area contributed by atoms with Gasteiger partial charge in [-0.3, -0.25) is 4.79 Å². The number of hydrogen-bond acceptors (Lipinski definition) is 6. The molecule has 0 aliphatic carbocycles. The van der Waals surface area contributed by atoms with Crippen LogP contribution in [-0.2, 0) is 9.53 Å². The van der Waals surface area contributed by atoms with E-state index in [1.807, 2.05) is 6.07 Å². The highest BCUT2D eigenvalue weighted by Gasteiger charge is 2.25. The molecule has 8 heteroatoms. The number of carbonyl (C=O) groups excluding carboxylic acids is 2. The SMILES string of the molecule is O=C(OCCN1C(=O)COc2ccc(Br)cc21)c1ccc(-c2cnco2)cc1. The van der Waals surface area contributed by atoms with Gasteiger partial charge in [-0.1, -0.05) is 28.1 Å². The molecule has 3 aromatic rings. The van der Waals surface area contributed by atoms with Gasteiger partial charge in [-0.05, 0) is 30.3 Å². The van der Waals surface area contributed by atoms with Crippen LogP contribution in [0.5, 0.6) is 5.75 Å². The molecule has 1 aliphatic rings. The summed E-state index contributed by atoms with van der Waals surface area (Å²) in [6.07, 6.45) is 2.95. The van der Waals surface area contributed by atoms with Gasteiger partial charge in [0.1, 0.15) is 12.4 Å². The normalized spacial score (nSPS) is 13.0. The van der Waals surface area contributed by atoms with E-state index in [-0.39, 0.29) is 25.7 Å². The lowest BCUT2D eigenvalue weighted by atomic mass is 10.1. The number of fused-ring (bicyclic) bond motifs is 1. The number of nitrogens with zero attached hydrogens (tertiary/aromatic N) is 2. The first-order valence-corrected chi connectivity index (χ1v) is 9.30. The summed E-state index contributed by atoms with van der Waals surface area (Å²) in [5, 5.41) is 0. The molecule has 1 aliphatic heterocycles. The van der Waals surface area contributed by atoms with Gasteiger partial charge in [0.15, 0.2) is 18.8 Å². The van der Waals surface area contributed by atoms with Crippen LogP contribution in [0.2, 0.25) is 0 Å². The second-order valence-electron chi connectivity index (χ2n) is 6.03. The highest BCUT2D eigenvalue weighted by Crippen LogP contribution is 2.34. The molecule has 0 N–H and O–H groups in total. The first-order chi connectivity index (χ1) is 13.6. The van der Waals surface area contributed by atoms with Crippen molar-refractivity contribution < 1.29 is 23.5 Å². The van der Waals surface area contributed by atoms with E-state index in [1.165, 1.54) is 6.39 Å². The summed E-state index contributed by atoms with van der Waals surface area (Å²) in [6.45, 7) is 0.277. The lowest BCUT2D eigenvalue weighted by Gasteiger charge is -2.29. The van der Waals surface area contributed by atoms with Gasteiger partial charge in [0.2, 0.25) is 0 Å². The molecule has 2 aromatic carbocycles. The van der Waals surface area contributed by atoms with Crippen LogP contribution in [0, 0.1) is 0 Å². The lowest BCUT2D eigenvalue weighted by Crippen LogP contribution is -2.41. The van der Waals surface area contributed by atoms with Crippen LogP contribution in [0.3, 0.4) is 0 Å². The molecule has 0 fully saturated rings. The third-order valence-corrected chi connectivity index (χ3v) is 4.74. The molecule has 0 saturated carbocycles. The molecular weight excluding hydrogens is 428 g/mol. The van der Waals surface area contributed by atoms with Crippen molar-refractivity contribution in [1.29, 1.82) is 0 Å². The van der Waals surface area contributed by atoms with Crippen LogP contribution >= 0.6 is 15.9 Å². The van der Waals surface area contributed by atoms with E-state index in [4.69, 9.17) is 13.9 Å². The Kier molecular flexibility index (Phi) is 5.12. The van der Waals surface area contributed by atoms with E-state index in [9.17, 15) is 9.59 Å². The maximum Gasteiger partial charge on any atom is 0.338 e. The smallest absolute Gasteiger partial charge is 0.338 e. The topological polar surface area (TPSA) is 81.9 Å². The van der Waals surface area contributed by atoms with Crippen LogP contribution < -0.4 is 9.64 Å². The number of amides is 1. The number of benzene rings is 2. The Morgan fingerprint density at radius 3 is 2.79 bits per heavy atom. The number of esters is 1. The minimum atomic E-state index is -0.459. The van der Waals surface area contributed by atoms with Gasteiger partial charge in [0.05, 0.1) is 24.0 Å². The molecule has 28 heavy (non-hydrogen) atoms. The fraction of sp³-hybridized carbons (Fsp3) is 0.150. The number of rotatable bonds is 5. The summed E-state index contributed by atoms with van der Waals surface area (Å²) in [7, 11) is 0. The fourth-order valence-corrected chi connectivity index (χ4v) is 3.21. The monoisotopic (exact) mass is 442 g/mol. The van der Waals surface area contributed by atoms with E-state index in [1.54, 1.807) is 47.5 Å². The molecule has 0 radical (unpaired) electrons. The third-order valence-electron chi connectivity index (χ3n) is 4.25. The number of halogens is 1. The van der Waals surface area contributed by atoms with Crippen molar-refractivity contribution in [3.8, 4) is 17.1 Å². The minimum absolute atomic E-state index is 0.0360. The van der Waals surface area contributed by atoms with Crippen molar-refractivity contribution in [1.82, 2.24) is 4.98 Å². The second-order valence-corrected chi connectivity index (χ2v) is 6.94. The largest absolute Gasteiger partial charge is 0.482 e. The summed E-state index contributed by atoms with van der Waals surface area (Å²) in [5.74, 6) is 0.602. The lowest BCUT2D eigenvalue weighted by molar-refractivity contribution is -0.121. The Bertz CT molecular complexity index is 1000. The van der Waals surface area contributed by atoms with Gasteiger partial charge in [0, 0.05) is 10.0 Å². The number of carbonyl (C=O) groups is 2. The van der Waals surface area contributed by atoms with Crippen molar-refractivity contribution in [3.05, 3.63) is 65.1 Å². The Morgan fingerprint density at radius 2 is 2.04 bits per heavy atom. The minimum Gasteiger partial charge on any atom is -0.482 e. The Balaban J connectivity index is 1.38. The highest BCUT2D eigenvalue weighted by molar-refractivity contribution is 9.10.